The van der Waals surface area contributed by atoms with Gasteiger partial charge >= 0.3 is 0 Å². The first-order chi connectivity index (χ1) is 9.63. The van der Waals surface area contributed by atoms with Crippen molar-refractivity contribution in [2.75, 3.05) is 0 Å². The number of hydrogen-bond donors (Lipinski definition) is 1. The molecule has 20 heavy (non-hydrogen) atoms. The molecule has 0 aromatic heterocycles. The molecule has 0 aliphatic heterocycles. The Labute approximate surface area is 121 Å². The van der Waals surface area contributed by atoms with Gasteiger partial charge in [-0.3, -0.25) is 0 Å². The Morgan fingerprint density at radius 1 is 1.00 bits per heavy atom. The zero-order valence-electron chi connectivity index (χ0n) is 12.3. The van der Waals surface area contributed by atoms with Gasteiger partial charge in [-0.15, -0.1) is 0 Å². The predicted octanol–water partition coefficient (Wildman–Crippen LogP) is 4.19. The molecule has 0 saturated carbocycles. The Balaban J connectivity index is 2.19. The fourth-order valence-corrected chi connectivity index (χ4v) is 2.25. The van der Waals surface area contributed by atoms with E-state index in [2.05, 4.69) is 13.0 Å². The van der Waals surface area contributed by atoms with E-state index in [1.807, 2.05) is 56.3 Å². The molecule has 2 unspecified atom stereocenters. The van der Waals surface area contributed by atoms with Gasteiger partial charge in [0.25, 0.3) is 0 Å². The number of ether oxygens (including phenoxy) is 1. The zero-order chi connectivity index (χ0) is 14.5. The molecule has 0 amide bonds. The van der Waals surface area contributed by atoms with Crippen LogP contribution in [0.1, 0.15) is 36.1 Å². The first kappa shape index (κ1) is 14.6. The highest BCUT2D eigenvalue weighted by Crippen LogP contribution is 2.27. The van der Waals surface area contributed by atoms with E-state index in [4.69, 9.17) is 4.74 Å². The van der Waals surface area contributed by atoms with Crippen molar-refractivity contribution >= 4 is 0 Å². The van der Waals surface area contributed by atoms with Gasteiger partial charge in [0.05, 0.1) is 0 Å². The molecule has 1 N–H and O–H groups in total. The normalized spacial score (nSPS) is 13.8. The Morgan fingerprint density at radius 2 is 1.70 bits per heavy atom. The number of aliphatic hydroxyl groups is 1. The maximum Gasteiger partial charge on any atom is 0.128 e. The third kappa shape index (κ3) is 3.20. The summed E-state index contributed by atoms with van der Waals surface area (Å²) < 4.78 is 6.04. The van der Waals surface area contributed by atoms with Crippen molar-refractivity contribution in [2.24, 2.45) is 0 Å². The van der Waals surface area contributed by atoms with Crippen LogP contribution in [0.15, 0.2) is 48.5 Å². The smallest absolute Gasteiger partial charge is 0.128 e. The van der Waals surface area contributed by atoms with Gasteiger partial charge in [-0.2, -0.15) is 0 Å². The molecule has 2 atom stereocenters. The summed E-state index contributed by atoms with van der Waals surface area (Å²) in [5, 5.41) is 10.5. The highest BCUT2D eigenvalue weighted by atomic mass is 16.5. The third-order valence-corrected chi connectivity index (χ3v) is 3.73. The number of hydrogen-bond acceptors (Lipinski definition) is 2. The minimum absolute atomic E-state index is 0.238. The topological polar surface area (TPSA) is 29.5 Å². The monoisotopic (exact) mass is 270 g/mol. The van der Waals surface area contributed by atoms with Crippen molar-refractivity contribution in [2.45, 2.75) is 39.4 Å². The summed E-state index contributed by atoms with van der Waals surface area (Å²) in [6, 6.07) is 15.7. The third-order valence-electron chi connectivity index (χ3n) is 3.73. The van der Waals surface area contributed by atoms with Crippen LogP contribution in [0.4, 0.5) is 0 Å². The molecular formula is C18H22O2. The molecule has 0 radical (unpaired) electrons. The average Bonchev–Trinajstić information content (AvgIpc) is 2.49. The van der Waals surface area contributed by atoms with E-state index in [9.17, 15) is 5.11 Å². The molecule has 0 fully saturated rings. The summed E-state index contributed by atoms with van der Waals surface area (Å²) in [6.45, 7) is 6.14. The Morgan fingerprint density at radius 3 is 2.35 bits per heavy atom. The fourth-order valence-electron chi connectivity index (χ4n) is 2.25. The van der Waals surface area contributed by atoms with Crippen LogP contribution >= 0.6 is 0 Å². The Bertz CT molecular complexity index is 549. The van der Waals surface area contributed by atoms with Crippen molar-refractivity contribution in [3.05, 3.63) is 65.2 Å². The van der Waals surface area contributed by atoms with E-state index in [1.165, 1.54) is 5.56 Å². The molecule has 0 spiro atoms. The largest absolute Gasteiger partial charge is 0.487 e. The molecule has 0 aliphatic rings. The standard InChI is InChI=1S/C18H22O2/c1-4-16(18(19)15-10-6-5-7-11-15)20-17-12-8-9-13(2)14(17)3/h5-12,16,18-19H,4H2,1-3H3. The highest BCUT2D eigenvalue weighted by molar-refractivity contribution is 5.38. The van der Waals surface area contributed by atoms with Crippen molar-refractivity contribution < 1.29 is 9.84 Å². The quantitative estimate of drug-likeness (QED) is 0.882. The van der Waals surface area contributed by atoms with E-state index in [-0.39, 0.29) is 6.10 Å². The van der Waals surface area contributed by atoms with Crippen LogP contribution in [-0.4, -0.2) is 11.2 Å². The van der Waals surface area contributed by atoms with Gasteiger partial charge in [-0.05, 0) is 43.0 Å². The van der Waals surface area contributed by atoms with Gasteiger partial charge in [0.2, 0.25) is 0 Å². The van der Waals surface area contributed by atoms with Crippen molar-refractivity contribution in [1.29, 1.82) is 0 Å². The highest BCUT2D eigenvalue weighted by Gasteiger charge is 2.21. The molecule has 0 aliphatic carbocycles. The predicted molar refractivity (Wildman–Crippen MR) is 82.0 cm³/mol. The maximum atomic E-state index is 10.5. The first-order valence-electron chi connectivity index (χ1n) is 7.09. The van der Waals surface area contributed by atoms with Crippen LogP contribution in [0.25, 0.3) is 0 Å². The average molecular weight is 270 g/mol. The molecule has 2 aromatic rings. The first-order valence-corrected chi connectivity index (χ1v) is 7.09. The molecular weight excluding hydrogens is 248 g/mol. The summed E-state index contributed by atoms with van der Waals surface area (Å²) in [7, 11) is 0. The van der Waals surface area contributed by atoms with Crippen LogP contribution < -0.4 is 4.74 Å². The van der Waals surface area contributed by atoms with Gasteiger partial charge in [-0.25, -0.2) is 0 Å². The zero-order valence-corrected chi connectivity index (χ0v) is 12.3. The number of rotatable bonds is 5. The fraction of sp³-hybridized carbons (Fsp3) is 0.333. The lowest BCUT2D eigenvalue weighted by Crippen LogP contribution is -2.25. The number of benzene rings is 2. The van der Waals surface area contributed by atoms with Crippen LogP contribution in [0, 0.1) is 13.8 Å². The van der Waals surface area contributed by atoms with Crippen molar-refractivity contribution in [1.82, 2.24) is 0 Å². The lowest BCUT2D eigenvalue weighted by molar-refractivity contribution is 0.0327. The second-order valence-electron chi connectivity index (χ2n) is 5.12. The molecule has 2 heteroatoms. The molecule has 0 saturated heterocycles. The molecule has 2 nitrogen and oxygen atoms in total. The summed E-state index contributed by atoms with van der Waals surface area (Å²) in [5.74, 6) is 0.854. The van der Waals surface area contributed by atoms with E-state index in [1.54, 1.807) is 0 Å². The Kier molecular flexibility index (Phi) is 4.80. The van der Waals surface area contributed by atoms with Crippen LogP contribution in [-0.2, 0) is 0 Å². The van der Waals surface area contributed by atoms with Crippen molar-refractivity contribution in [3.8, 4) is 5.75 Å². The van der Waals surface area contributed by atoms with Crippen LogP contribution in [0.5, 0.6) is 5.75 Å². The maximum absolute atomic E-state index is 10.5. The van der Waals surface area contributed by atoms with E-state index < -0.39 is 6.10 Å². The number of aryl methyl sites for hydroxylation is 1. The Hall–Kier alpha value is -1.80. The van der Waals surface area contributed by atoms with Crippen LogP contribution in [0.3, 0.4) is 0 Å². The lowest BCUT2D eigenvalue weighted by atomic mass is 10.0. The van der Waals surface area contributed by atoms with Gasteiger partial charge in [0, 0.05) is 0 Å². The van der Waals surface area contributed by atoms with Gasteiger partial charge in [0.15, 0.2) is 0 Å². The van der Waals surface area contributed by atoms with Crippen molar-refractivity contribution in [3.63, 3.8) is 0 Å². The molecule has 106 valence electrons. The molecule has 0 bridgehead atoms. The summed E-state index contributed by atoms with van der Waals surface area (Å²) in [6.07, 6.45) is -0.0947. The van der Waals surface area contributed by atoms with Gasteiger partial charge in [-0.1, -0.05) is 49.4 Å². The summed E-state index contributed by atoms with van der Waals surface area (Å²) in [5.41, 5.74) is 3.22. The molecule has 2 rings (SSSR count). The second kappa shape index (κ2) is 6.58. The minimum Gasteiger partial charge on any atom is -0.487 e. The SMILES string of the molecule is CCC(Oc1cccc(C)c1C)C(O)c1ccccc1. The van der Waals surface area contributed by atoms with E-state index in [0.717, 1.165) is 23.3 Å². The van der Waals surface area contributed by atoms with Gasteiger partial charge in [0.1, 0.15) is 18.0 Å². The molecule has 2 aromatic carbocycles. The second-order valence-corrected chi connectivity index (χ2v) is 5.12. The molecule has 0 heterocycles. The summed E-state index contributed by atoms with van der Waals surface area (Å²) >= 11 is 0. The van der Waals surface area contributed by atoms with E-state index in [0.29, 0.717) is 0 Å². The number of aliphatic hydroxyl groups excluding tert-OH is 1. The lowest BCUT2D eigenvalue weighted by Gasteiger charge is -2.24. The van der Waals surface area contributed by atoms with Crippen LogP contribution in [0.2, 0.25) is 0 Å². The summed E-state index contributed by atoms with van der Waals surface area (Å²) in [4.78, 5) is 0. The minimum atomic E-state index is -0.610. The van der Waals surface area contributed by atoms with E-state index >= 15 is 0 Å². The van der Waals surface area contributed by atoms with Gasteiger partial charge < -0.3 is 9.84 Å².